The lowest BCUT2D eigenvalue weighted by molar-refractivity contribution is -0.275. The summed E-state index contributed by atoms with van der Waals surface area (Å²) < 4.78 is 56.6. The summed E-state index contributed by atoms with van der Waals surface area (Å²) in [6.07, 6.45) is -3.41. The standard InChI is InChI=1S/C18H16F4N4O3/c1-8-23-16-14(17(28)24-8)12(7-27)25-26(16)15(9-2-3-9)10-4-5-13(11(19)6-10)29-18(20,21)22/h4-6,9,15,27H,2-3,7H2,1H3,(H,23,24,28)/t15-/m0/s1. The third kappa shape index (κ3) is 3.69. The van der Waals surface area contributed by atoms with Gasteiger partial charge in [-0.05, 0) is 43.4 Å². The summed E-state index contributed by atoms with van der Waals surface area (Å²) in [6, 6.07) is 2.66. The first-order chi connectivity index (χ1) is 13.7. The van der Waals surface area contributed by atoms with Crippen molar-refractivity contribution in [2.45, 2.75) is 38.8 Å². The van der Waals surface area contributed by atoms with E-state index in [0.717, 1.165) is 25.0 Å². The molecule has 4 rings (SSSR count). The number of halogens is 4. The summed E-state index contributed by atoms with van der Waals surface area (Å²) in [5.74, 6) is -1.71. The first-order valence-electron chi connectivity index (χ1n) is 8.82. The van der Waals surface area contributed by atoms with Crippen LogP contribution in [-0.4, -0.2) is 31.2 Å². The molecule has 0 unspecified atom stereocenters. The van der Waals surface area contributed by atoms with Gasteiger partial charge in [-0.3, -0.25) is 4.79 Å². The van der Waals surface area contributed by atoms with Gasteiger partial charge < -0.3 is 14.8 Å². The Labute approximate surface area is 160 Å². The van der Waals surface area contributed by atoms with Gasteiger partial charge >= 0.3 is 6.36 Å². The molecule has 1 fully saturated rings. The number of aliphatic hydroxyl groups is 1. The van der Waals surface area contributed by atoms with Crippen molar-refractivity contribution < 1.29 is 27.4 Å². The molecule has 1 atom stereocenters. The Bertz CT molecular complexity index is 1130. The SMILES string of the molecule is Cc1nc2c(c(CO)nn2[C@H](c2ccc(OC(F)(F)F)c(F)c2)C2CC2)c(=O)[nH]1. The fraction of sp³-hybridized carbons (Fsp3) is 0.389. The van der Waals surface area contributed by atoms with Crippen molar-refractivity contribution in [1.29, 1.82) is 0 Å². The molecule has 11 heteroatoms. The Hall–Kier alpha value is -2.95. The van der Waals surface area contributed by atoms with Gasteiger partial charge in [0.1, 0.15) is 16.9 Å². The van der Waals surface area contributed by atoms with Crippen LogP contribution in [0.3, 0.4) is 0 Å². The lowest BCUT2D eigenvalue weighted by atomic mass is 10.0. The number of nitrogens with one attached hydrogen (secondary N) is 1. The molecule has 2 N–H and O–H groups in total. The van der Waals surface area contributed by atoms with E-state index >= 15 is 0 Å². The quantitative estimate of drug-likeness (QED) is 0.629. The van der Waals surface area contributed by atoms with Gasteiger partial charge in [0.2, 0.25) is 0 Å². The van der Waals surface area contributed by atoms with Gasteiger partial charge in [0.15, 0.2) is 17.2 Å². The second kappa shape index (κ2) is 6.83. The zero-order valence-electron chi connectivity index (χ0n) is 15.1. The summed E-state index contributed by atoms with van der Waals surface area (Å²) in [5, 5.41) is 14.0. The molecule has 29 heavy (non-hydrogen) atoms. The molecule has 1 aliphatic rings. The third-order valence-electron chi connectivity index (χ3n) is 4.76. The maximum atomic E-state index is 14.3. The number of hydrogen-bond donors (Lipinski definition) is 2. The minimum Gasteiger partial charge on any atom is -0.403 e. The van der Waals surface area contributed by atoms with Gasteiger partial charge in [-0.2, -0.15) is 5.10 Å². The van der Waals surface area contributed by atoms with Gasteiger partial charge in [0.05, 0.1) is 12.6 Å². The molecule has 154 valence electrons. The van der Waals surface area contributed by atoms with Crippen molar-refractivity contribution in [2.75, 3.05) is 0 Å². The lowest BCUT2D eigenvalue weighted by Gasteiger charge is -2.19. The minimum atomic E-state index is -5.01. The molecule has 0 bridgehead atoms. The number of H-pyrrole nitrogens is 1. The number of alkyl halides is 3. The molecular weight excluding hydrogens is 396 g/mol. The van der Waals surface area contributed by atoms with Gasteiger partial charge in [-0.15, -0.1) is 13.2 Å². The first-order valence-corrected chi connectivity index (χ1v) is 8.82. The minimum absolute atomic E-state index is 0.0415. The average Bonchev–Trinajstić information content (AvgIpc) is 3.38. The van der Waals surface area contributed by atoms with Crippen molar-refractivity contribution in [1.82, 2.24) is 19.7 Å². The Morgan fingerprint density at radius 1 is 1.38 bits per heavy atom. The van der Waals surface area contributed by atoms with E-state index in [1.165, 1.54) is 10.7 Å². The van der Waals surface area contributed by atoms with Gasteiger partial charge in [-0.1, -0.05) is 6.07 Å². The Balaban J connectivity index is 1.84. The van der Waals surface area contributed by atoms with Crippen LogP contribution in [0, 0.1) is 18.7 Å². The van der Waals surface area contributed by atoms with Crippen LogP contribution in [0.2, 0.25) is 0 Å². The van der Waals surface area contributed by atoms with Crippen molar-refractivity contribution >= 4 is 11.0 Å². The molecule has 1 aliphatic carbocycles. The van der Waals surface area contributed by atoms with E-state index in [4.69, 9.17) is 0 Å². The van der Waals surface area contributed by atoms with Crippen LogP contribution >= 0.6 is 0 Å². The Morgan fingerprint density at radius 3 is 2.69 bits per heavy atom. The number of aromatic nitrogens is 4. The monoisotopic (exact) mass is 412 g/mol. The van der Waals surface area contributed by atoms with Crippen LogP contribution in [0.4, 0.5) is 17.6 Å². The lowest BCUT2D eigenvalue weighted by Crippen LogP contribution is -2.19. The molecule has 1 saturated carbocycles. The number of hydrogen-bond acceptors (Lipinski definition) is 5. The van der Waals surface area contributed by atoms with E-state index in [0.29, 0.717) is 11.4 Å². The molecule has 0 saturated heterocycles. The molecule has 2 aromatic heterocycles. The average molecular weight is 412 g/mol. The molecule has 0 amide bonds. The predicted molar refractivity (Wildman–Crippen MR) is 92.8 cm³/mol. The van der Waals surface area contributed by atoms with E-state index in [1.54, 1.807) is 6.92 Å². The molecule has 0 spiro atoms. The highest BCUT2D eigenvalue weighted by molar-refractivity contribution is 5.77. The molecule has 1 aromatic carbocycles. The summed E-state index contributed by atoms with van der Waals surface area (Å²) in [7, 11) is 0. The second-order valence-electron chi connectivity index (χ2n) is 6.92. The molecule has 3 aromatic rings. The zero-order valence-corrected chi connectivity index (χ0v) is 15.1. The summed E-state index contributed by atoms with van der Waals surface area (Å²) in [6.45, 7) is 1.09. The number of benzene rings is 1. The van der Waals surface area contributed by atoms with Crippen molar-refractivity contribution in [2.24, 2.45) is 5.92 Å². The third-order valence-corrected chi connectivity index (χ3v) is 4.76. The van der Waals surface area contributed by atoms with Crippen LogP contribution in [0.1, 0.15) is 36.0 Å². The zero-order chi connectivity index (χ0) is 20.9. The summed E-state index contributed by atoms with van der Waals surface area (Å²) >= 11 is 0. The fourth-order valence-electron chi connectivity index (χ4n) is 3.46. The number of aliphatic hydroxyl groups excluding tert-OH is 1. The maximum Gasteiger partial charge on any atom is 0.573 e. The molecule has 0 radical (unpaired) electrons. The van der Waals surface area contributed by atoms with Crippen LogP contribution < -0.4 is 10.3 Å². The summed E-state index contributed by atoms with van der Waals surface area (Å²) in [5.41, 5.74) is 0.255. The molecule has 7 nitrogen and oxygen atoms in total. The normalized spacial score (nSPS) is 15.7. The van der Waals surface area contributed by atoms with Gasteiger partial charge in [0.25, 0.3) is 5.56 Å². The summed E-state index contributed by atoms with van der Waals surface area (Å²) in [4.78, 5) is 19.2. The van der Waals surface area contributed by atoms with Crippen LogP contribution in [0.25, 0.3) is 11.0 Å². The maximum absolute atomic E-state index is 14.3. The fourth-order valence-corrected chi connectivity index (χ4v) is 3.46. The molecule has 2 heterocycles. The van der Waals surface area contributed by atoms with Crippen LogP contribution in [0.5, 0.6) is 5.75 Å². The van der Waals surface area contributed by atoms with Gasteiger partial charge in [-0.25, -0.2) is 14.1 Å². The number of nitrogens with zero attached hydrogens (tertiary/aromatic N) is 3. The molecular formula is C18H16F4N4O3. The Kier molecular flexibility index (Phi) is 4.56. The van der Waals surface area contributed by atoms with E-state index in [9.17, 15) is 27.5 Å². The largest absolute Gasteiger partial charge is 0.573 e. The van der Waals surface area contributed by atoms with Crippen molar-refractivity contribution in [3.8, 4) is 5.75 Å². The van der Waals surface area contributed by atoms with Gasteiger partial charge in [0, 0.05) is 0 Å². The number of fused-ring (bicyclic) bond motifs is 1. The van der Waals surface area contributed by atoms with E-state index in [-0.39, 0.29) is 22.6 Å². The van der Waals surface area contributed by atoms with Crippen molar-refractivity contribution in [3.63, 3.8) is 0 Å². The highest BCUT2D eigenvalue weighted by Crippen LogP contribution is 2.45. The number of ether oxygens (including phenoxy) is 1. The van der Waals surface area contributed by atoms with Crippen molar-refractivity contribution in [3.05, 3.63) is 51.5 Å². The second-order valence-corrected chi connectivity index (χ2v) is 6.92. The van der Waals surface area contributed by atoms with Crippen LogP contribution in [-0.2, 0) is 6.61 Å². The Morgan fingerprint density at radius 2 is 2.10 bits per heavy atom. The number of aryl methyl sites for hydroxylation is 1. The van der Waals surface area contributed by atoms with E-state index < -0.39 is 36.1 Å². The smallest absolute Gasteiger partial charge is 0.403 e. The first kappa shape index (κ1) is 19.4. The van der Waals surface area contributed by atoms with E-state index in [2.05, 4.69) is 19.8 Å². The highest BCUT2D eigenvalue weighted by atomic mass is 19.4. The number of aromatic amines is 1. The predicted octanol–water partition coefficient (Wildman–Crippen LogP) is 2.96. The molecule has 0 aliphatic heterocycles. The topological polar surface area (TPSA) is 93.0 Å². The van der Waals surface area contributed by atoms with Crippen LogP contribution in [0.15, 0.2) is 23.0 Å². The number of rotatable bonds is 5. The van der Waals surface area contributed by atoms with E-state index in [1.807, 2.05) is 0 Å². The highest BCUT2D eigenvalue weighted by Gasteiger charge is 2.37.